The molecule has 0 saturated carbocycles. The fourth-order valence-corrected chi connectivity index (χ4v) is 2.44. The number of carbonyl (C=O) groups excluding carboxylic acids is 2. The second-order valence-electron chi connectivity index (χ2n) is 4.03. The maximum absolute atomic E-state index is 11.8. The van der Waals surface area contributed by atoms with E-state index in [2.05, 4.69) is 10.3 Å². The lowest BCUT2D eigenvalue weighted by molar-refractivity contribution is -0.130. The van der Waals surface area contributed by atoms with Crippen molar-refractivity contribution in [3.8, 4) is 0 Å². The van der Waals surface area contributed by atoms with E-state index in [4.69, 9.17) is 11.6 Å². The fraction of sp³-hybridized carbons (Fsp3) is 0.444. The minimum Gasteiger partial charge on any atom is -0.324 e. The van der Waals surface area contributed by atoms with Crippen molar-refractivity contribution < 1.29 is 9.59 Å². The summed E-state index contributed by atoms with van der Waals surface area (Å²) >= 11 is 6.94. The van der Waals surface area contributed by atoms with Crippen LogP contribution in [0.15, 0.2) is 6.20 Å². The first-order chi connectivity index (χ1) is 7.40. The predicted molar refractivity (Wildman–Crippen MR) is 60.3 cm³/mol. The first-order valence-electron chi connectivity index (χ1n) is 4.64. The van der Waals surface area contributed by atoms with Crippen molar-refractivity contribution in [3.63, 3.8) is 0 Å². The molecule has 0 radical (unpaired) electrons. The molecule has 1 aromatic heterocycles. The normalized spacial score (nSPS) is 19.1. The Balaban J connectivity index is 2.17. The van der Waals surface area contributed by atoms with Crippen LogP contribution < -0.4 is 5.32 Å². The van der Waals surface area contributed by atoms with Crippen LogP contribution in [-0.4, -0.2) is 27.4 Å². The first-order valence-corrected chi connectivity index (χ1v) is 5.84. The first kappa shape index (κ1) is 11.3. The number of thiazole rings is 1. The molecule has 0 aromatic carbocycles. The quantitative estimate of drug-likeness (QED) is 0.821. The van der Waals surface area contributed by atoms with Gasteiger partial charge in [0.1, 0.15) is 5.54 Å². The summed E-state index contributed by atoms with van der Waals surface area (Å²) < 4.78 is 0.404. The lowest BCUT2D eigenvalue weighted by atomic mass is 10.1. The number of nitrogens with one attached hydrogen (secondary N) is 1. The van der Waals surface area contributed by atoms with E-state index in [9.17, 15) is 9.59 Å². The molecule has 0 aliphatic carbocycles. The molecule has 1 saturated heterocycles. The maximum atomic E-state index is 11.8. The van der Waals surface area contributed by atoms with Crippen LogP contribution in [0.1, 0.15) is 18.7 Å². The smallest absolute Gasteiger partial charge is 0.324 e. The van der Waals surface area contributed by atoms with Gasteiger partial charge in [0.15, 0.2) is 4.47 Å². The second kappa shape index (κ2) is 3.71. The Morgan fingerprint density at radius 3 is 2.69 bits per heavy atom. The number of amides is 3. The van der Waals surface area contributed by atoms with Gasteiger partial charge in [-0.3, -0.25) is 9.69 Å². The zero-order chi connectivity index (χ0) is 11.9. The summed E-state index contributed by atoms with van der Waals surface area (Å²) in [6, 6.07) is -0.375. The zero-order valence-electron chi connectivity index (χ0n) is 8.78. The third-order valence-corrected chi connectivity index (χ3v) is 3.38. The SMILES string of the molecule is CC1(C)NC(=O)N(Cc2cnc(Cl)s2)C1=O. The van der Waals surface area contributed by atoms with Crippen molar-refractivity contribution in [2.45, 2.75) is 25.9 Å². The number of imide groups is 1. The van der Waals surface area contributed by atoms with Crippen LogP contribution in [0.3, 0.4) is 0 Å². The largest absolute Gasteiger partial charge is 0.325 e. The van der Waals surface area contributed by atoms with Gasteiger partial charge in [0.05, 0.1) is 6.54 Å². The number of carbonyl (C=O) groups is 2. The van der Waals surface area contributed by atoms with Crippen molar-refractivity contribution in [2.75, 3.05) is 0 Å². The van der Waals surface area contributed by atoms with Gasteiger partial charge in [-0.25, -0.2) is 9.78 Å². The van der Waals surface area contributed by atoms with Gasteiger partial charge in [-0.15, -0.1) is 11.3 Å². The average molecular weight is 260 g/mol. The zero-order valence-corrected chi connectivity index (χ0v) is 10.4. The van der Waals surface area contributed by atoms with Crippen LogP contribution >= 0.6 is 22.9 Å². The number of aromatic nitrogens is 1. The molecular formula is C9H10ClN3O2S. The summed E-state index contributed by atoms with van der Waals surface area (Å²) in [6.07, 6.45) is 1.57. The van der Waals surface area contributed by atoms with E-state index in [1.807, 2.05) is 0 Å². The highest BCUT2D eigenvalue weighted by atomic mass is 35.5. The Morgan fingerprint density at radius 1 is 1.56 bits per heavy atom. The summed E-state index contributed by atoms with van der Waals surface area (Å²) in [5, 5.41) is 2.61. The fourth-order valence-electron chi connectivity index (χ4n) is 1.47. The van der Waals surface area contributed by atoms with Crippen molar-refractivity contribution in [2.24, 2.45) is 0 Å². The van der Waals surface area contributed by atoms with Crippen molar-refractivity contribution in [3.05, 3.63) is 15.5 Å². The van der Waals surface area contributed by atoms with Crippen molar-refractivity contribution >= 4 is 34.9 Å². The van der Waals surface area contributed by atoms with Crippen molar-refractivity contribution in [1.82, 2.24) is 15.2 Å². The summed E-state index contributed by atoms with van der Waals surface area (Å²) in [5.41, 5.74) is -0.828. The highest BCUT2D eigenvalue weighted by Gasteiger charge is 2.44. The van der Waals surface area contributed by atoms with E-state index in [0.717, 1.165) is 4.88 Å². The summed E-state index contributed by atoms with van der Waals surface area (Å²) in [7, 11) is 0. The topological polar surface area (TPSA) is 62.3 Å². The standard InChI is InChI=1S/C9H10ClN3O2S/c1-9(2)6(14)13(8(15)12-9)4-5-3-11-7(10)16-5/h3H,4H2,1-2H3,(H,12,15). The predicted octanol–water partition coefficient (Wildman–Crippen LogP) is 1.63. The van der Waals surface area contributed by atoms with E-state index >= 15 is 0 Å². The minimum atomic E-state index is -0.828. The molecule has 16 heavy (non-hydrogen) atoms. The molecule has 0 bridgehead atoms. The Kier molecular flexibility index (Phi) is 2.63. The molecule has 0 atom stereocenters. The summed E-state index contributed by atoms with van der Waals surface area (Å²) in [6.45, 7) is 3.57. The Bertz CT molecular complexity index is 457. The summed E-state index contributed by atoms with van der Waals surface area (Å²) in [4.78, 5) is 29.2. The lowest BCUT2D eigenvalue weighted by Gasteiger charge is -2.14. The van der Waals surface area contributed by atoms with Gasteiger partial charge in [-0.05, 0) is 13.8 Å². The molecule has 5 nitrogen and oxygen atoms in total. The Morgan fingerprint density at radius 2 is 2.25 bits per heavy atom. The van der Waals surface area contributed by atoms with Crippen LogP contribution in [0.25, 0.3) is 0 Å². The minimum absolute atomic E-state index is 0.221. The molecule has 2 rings (SSSR count). The third-order valence-electron chi connectivity index (χ3n) is 2.28. The van der Waals surface area contributed by atoms with Crippen LogP contribution in [-0.2, 0) is 11.3 Å². The van der Waals surface area contributed by atoms with Gasteiger partial charge in [-0.1, -0.05) is 11.6 Å². The number of rotatable bonds is 2. The van der Waals surface area contributed by atoms with E-state index < -0.39 is 5.54 Å². The van der Waals surface area contributed by atoms with Gasteiger partial charge < -0.3 is 5.32 Å². The molecule has 1 N–H and O–H groups in total. The number of urea groups is 1. The molecule has 1 aliphatic heterocycles. The summed E-state index contributed by atoms with van der Waals surface area (Å²) in [5.74, 6) is -0.234. The molecule has 3 amide bonds. The molecule has 1 fully saturated rings. The number of halogens is 1. The molecule has 2 heterocycles. The highest BCUT2D eigenvalue weighted by Crippen LogP contribution is 2.23. The molecule has 86 valence electrons. The number of hydrogen-bond acceptors (Lipinski definition) is 4. The van der Waals surface area contributed by atoms with E-state index in [1.54, 1.807) is 20.0 Å². The average Bonchev–Trinajstić information content (AvgIpc) is 2.65. The Labute approximate surface area is 101 Å². The van der Waals surface area contributed by atoms with Gasteiger partial charge in [0.25, 0.3) is 5.91 Å². The molecule has 1 aliphatic rings. The van der Waals surface area contributed by atoms with Crippen LogP contribution in [0.2, 0.25) is 4.47 Å². The highest BCUT2D eigenvalue weighted by molar-refractivity contribution is 7.15. The molecule has 0 spiro atoms. The number of nitrogens with zero attached hydrogens (tertiary/aromatic N) is 2. The van der Waals surface area contributed by atoms with Crippen molar-refractivity contribution in [1.29, 1.82) is 0 Å². The lowest BCUT2D eigenvalue weighted by Crippen LogP contribution is -2.40. The number of hydrogen-bond donors (Lipinski definition) is 1. The van der Waals surface area contributed by atoms with Gasteiger partial charge in [-0.2, -0.15) is 0 Å². The molecule has 0 unspecified atom stereocenters. The van der Waals surface area contributed by atoms with Crippen LogP contribution in [0.5, 0.6) is 0 Å². The van der Waals surface area contributed by atoms with Gasteiger partial charge in [0.2, 0.25) is 0 Å². The van der Waals surface area contributed by atoms with Gasteiger partial charge >= 0.3 is 6.03 Å². The van der Waals surface area contributed by atoms with E-state index in [-0.39, 0.29) is 18.5 Å². The van der Waals surface area contributed by atoms with E-state index in [0.29, 0.717) is 4.47 Å². The molecule has 7 heteroatoms. The maximum Gasteiger partial charge on any atom is 0.325 e. The van der Waals surface area contributed by atoms with E-state index in [1.165, 1.54) is 16.2 Å². The molecular weight excluding hydrogens is 250 g/mol. The molecule has 1 aromatic rings. The van der Waals surface area contributed by atoms with Gasteiger partial charge in [0, 0.05) is 11.1 Å². The van der Waals surface area contributed by atoms with Crippen LogP contribution in [0.4, 0.5) is 4.79 Å². The third kappa shape index (κ3) is 1.90. The second-order valence-corrected chi connectivity index (χ2v) is 5.72. The monoisotopic (exact) mass is 259 g/mol. The Hall–Kier alpha value is -1.14. The van der Waals surface area contributed by atoms with Crippen LogP contribution in [0, 0.1) is 0 Å².